The van der Waals surface area contributed by atoms with Crippen molar-refractivity contribution in [1.82, 2.24) is 24.7 Å². The number of urea groups is 1. The quantitative estimate of drug-likeness (QED) is 0.690. The van der Waals surface area contributed by atoms with Gasteiger partial charge in [0.25, 0.3) is 5.56 Å². The van der Waals surface area contributed by atoms with E-state index in [4.69, 9.17) is 4.98 Å². The van der Waals surface area contributed by atoms with E-state index in [0.717, 1.165) is 30.0 Å². The van der Waals surface area contributed by atoms with Crippen molar-refractivity contribution in [3.63, 3.8) is 0 Å². The summed E-state index contributed by atoms with van der Waals surface area (Å²) >= 11 is 0. The number of nitrogens with one attached hydrogen (secondary N) is 1. The molecule has 1 aliphatic heterocycles. The summed E-state index contributed by atoms with van der Waals surface area (Å²) in [6, 6.07) is 17.5. The lowest BCUT2D eigenvalue weighted by atomic mass is 10.1. The largest absolute Gasteiger partial charge is 0.338 e. The SMILES string of the molecule is CCNC(=O)N1CCN(C(C)c2nc3ccccc3c(=O)n2Cc2ccccc2)CC1. The van der Waals surface area contributed by atoms with Crippen molar-refractivity contribution in [2.24, 2.45) is 0 Å². The summed E-state index contributed by atoms with van der Waals surface area (Å²) in [6.07, 6.45) is 0. The van der Waals surface area contributed by atoms with Gasteiger partial charge in [0.15, 0.2) is 0 Å². The Bertz CT molecular complexity index is 1100. The zero-order valence-corrected chi connectivity index (χ0v) is 18.1. The molecular weight excluding hydrogens is 390 g/mol. The van der Waals surface area contributed by atoms with Gasteiger partial charge in [0.05, 0.1) is 23.5 Å². The van der Waals surface area contributed by atoms with E-state index in [0.29, 0.717) is 31.6 Å². The standard InChI is InChI=1S/C24H29N5O2/c1-3-25-24(31)28-15-13-27(14-16-28)18(2)22-26-21-12-8-7-11-20(21)23(30)29(22)17-19-9-5-4-6-10-19/h4-12,18H,3,13-17H2,1-2H3,(H,25,31). The zero-order chi connectivity index (χ0) is 21.8. The summed E-state index contributed by atoms with van der Waals surface area (Å²) in [7, 11) is 0. The Balaban J connectivity index is 1.65. The van der Waals surface area contributed by atoms with Crippen LogP contribution >= 0.6 is 0 Å². The maximum atomic E-state index is 13.4. The topological polar surface area (TPSA) is 70.5 Å². The monoisotopic (exact) mass is 419 g/mol. The molecular formula is C24H29N5O2. The van der Waals surface area contributed by atoms with Crippen LogP contribution in [0.5, 0.6) is 0 Å². The third-order valence-electron chi connectivity index (χ3n) is 5.93. The number of para-hydroxylation sites is 1. The molecule has 0 saturated carbocycles. The first kappa shape index (κ1) is 21.1. The molecule has 4 rings (SSSR count). The normalized spacial score (nSPS) is 15.7. The molecule has 2 aromatic carbocycles. The first-order chi connectivity index (χ1) is 15.1. The maximum Gasteiger partial charge on any atom is 0.317 e. The van der Waals surface area contributed by atoms with Crippen molar-refractivity contribution in [2.45, 2.75) is 26.4 Å². The van der Waals surface area contributed by atoms with Crippen LogP contribution in [0.2, 0.25) is 0 Å². The molecule has 1 aliphatic rings. The van der Waals surface area contributed by atoms with Gasteiger partial charge in [0.2, 0.25) is 0 Å². The van der Waals surface area contributed by atoms with Crippen molar-refractivity contribution in [3.8, 4) is 0 Å². The van der Waals surface area contributed by atoms with E-state index in [2.05, 4.69) is 17.1 Å². The van der Waals surface area contributed by atoms with Crippen LogP contribution in [0.4, 0.5) is 4.79 Å². The second-order valence-electron chi connectivity index (χ2n) is 7.90. The van der Waals surface area contributed by atoms with Crippen LogP contribution in [0.25, 0.3) is 10.9 Å². The summed E-state index contributed by atoms with van der Waals surface area (Å²) in [5, 5.41) is 3.50. The van der Waals surface area contributed by atoms with Crippen molar-refractivity contribution in [3.05, 3.63) is 76.3 Å². The highest BCUT2D eigenvalue weighted by molar-refractivity contribution is 5.77. The van der Waals surface area contributed by atoms with E-state index in [1.54, 1.807) is 4.57 Å². The third kappa shape index (κ3) is 4.46. The van der Waals surface area contributed by atoms with Gasteiger partial charge in [-0.3, -0.25) is 14.3 Å². The summed E-state index contributed by atoms with van der Waals surface area (Å²) in [6.45, 7) is 7.93. The number of benzene rings is 2. The highest BCUT2D eigenvalue weighted by Crippen LogP contribution is 2.22. The first-order valence-electron chi connectivity index (χ1n) is 10.9. The second-order valence-corrected chi connectivity index (χ2v) is 7.90. The Kier molecular flexibility index (Phi) is 6.32. The molecule has 7 heteroatoms. The number of amides is 2. The number of carbonyl (C=O) groups excluding carboxylic acids is 1. The number of hydrogen-bond donors (Lipinski definition) is 1. The fraction of sp³-hybridized carbons (Fsp3) is 0.375. The van der Waals surface area contributed by atoms with Crippen molar-refractivity contribution >= 4 is 16.9 Å². The molecule has 1 fully saturated rings. The van der Waals surface area contributed by atoms with Gasteiger partial charge in [0.1, 0.15) is 5.82 Å². The van der Waals surface area contributed by atoms with Crippen LogP contribution in [0.3, 0.4) is 0 Å². The van der Waals surface area contributed by atoms with Gasteiger partial charge in [0, 0.05) is 32.7 Å². The predicted octanol–water partition coefficient (Wildman–Crippen LogP) is 2.85. The maximum absolute atomic E-state index is 13.4. The Morgan fingerprint density at radius 2 is 1.71 bits per heavy atom. The Labute approximate surface area is 182 Å². The van der Waals surface area contributed by atoms with Gasteiger partial charge in [-0.25, -0.2) is 9.78 Å². The number of fused-ring (bicyclic) bond motifs is 1. The van der Waals surface area contributed by atoms with Crippen molar-refractivity contribution in [1.29, 1.82) is 0 Å². The Morgan fingerprint density at radius 3 is 2.42 bits per heavy atom. The molecule has 7 nitrogen and oxygen atoms in total. The number of aromatic nitrogens is 2. The van der Waals surface area contributed by atoms with Gasteiger partial charge in [-0.2, -0.15) is 0 Å². The van der Waals surface area contributed by atoms with E-state index in [9.17, 15) is 9.59 Å². The van der Waals surface area contributed by atoms with E-state index < -0.39 is 0 Å². The fourth-order valence-electron chi connectivity index (χ4n) is 4.16. The number of hydrogen-bond acceptors (Lipinski definition) is 4. The molecule has 31 heavy (non-hydrogen) atoms. The number of rotatable bonds is 5. The molecule has 0 spiro atoms. The lowest BCUT2D eigenvalue weighted by Crippen LogP contribution is -2.52. The van der Waals surface area contributed by atoms with Crippen molar-refractivity contribution < 1.29 is 4.79 Å². The van der Waals surface area contributed by atoms with Gasteiger partial charge in [-0.05, 0) is 31.5 Å². The third-order valence-corrected chi connectivity index (χ3v) is 5.93. The Hall–Kier alpha value is -3.19. The minimum Gasteiger partial charge on any atom is -0.338 e. The molecule has 0 aliphatic carbocycles. The van der Waals surface area contributed by atoms with Crippen LogP contribution in [0.1, 0.15) is 31.3 Å². The van der Waals surface area contributed by atoms with Gasteiger partial charge in [-0.15, -0.1) is 0 Å². The molecule has 2 heterocycles. The molecule has 0 bridgehead atoms. The van der Waals surface area contributed by atoms with Crippen molar-refractivity contribution in [2.75, 3.05) is 32.7 Å². The number of nitrogens with zero attached hydrogens (tertiary/aromatic N) is 4. The van der Waals surface area contributed by atoms with Crippen LogP contribution in [0.15, 0.2) is 59.4 Å². The average molecular weight is 420 g/mol. The molecule has 1 unspecified atom stereocenters. The van der Waals surface area contributed by atoms with Gasteiger partial charge < -0.3 is 10.2 Å². The molecule has 1 aromatic heterocycles. The van der Waals surface area contributed by atoms with E-state index in [1.807, 2.05) is 66.4 Å². The fourth-order valence-corrected chi connectivity index (χ4v) is 4.16. The molecule has 162 valence electrons. The van der Waals surface area contributed by atoms with Crippen LogP contribution < -0.4 is 10.9 Å². The van der Waals surface area contributed by atoms with Crippen LogP contribution in [0, 0.1) is 0 Å². The smallest absolute Gasteiger partial charge is 0.317 e. The lowest BCUT2D eigenvalue weighted by Gasteiger charge is -2.38. The molecule has 0 radical (unpaired) electrons. The summed E-state index contributed by atoms with van der Waals surface area (Å²) in [4.78, 5) is 34.6. The van der Waals surface area contributed by atoms with E-state index in [-0.39, 0.29) is 17.6 Å². The van der Waals surface area contributed by atoms with E-state index >= 15 is 0 Å². The van der Waals surface area contributed by atoms with Crippen LogP contribution in [-0.2, 0) is 6.54 Å². The summed E-state index contributed by atoms with van der Waals surface area (Å²) < 4.78 is 1.80. The van der Waals surface area contributed by atoms with Gasteiger partial charge in [-0.1, -0.05) is 42.5 Å². The highest BCUT2D eigenvalue weighted by Gasteiger charge is 2.27. The number of carbonyl (C=O) groups is 1. The zero-order valence-electron chi connectivity index (χ0n) is 18.1. The predicted molar refractivity (Wildman–Crippen MR) is 122 cm³/mol. The number of piperazine rings is 1. The minimum atomic E-state index is -0.0441. The van der Waals surface area contributed by atoms with E-state index in [1.165, 1.54) is 0 Å². The Morgan fingerprint density at radius 1 is 1.03 bits per heavy atom. The lowest BCUT2D eigenvalue weighted by molar-refractivity contribution is 0.109. The molecule has 1 N–H and O–H groups in total. The average Bonchev–Trinajstić information content (AvgIpc) is 2.81. The molecule has 1 saturated heterocycles. The highest BCUT2D eigenvalue weighted by atomic mass is 16.2. The molecule has 1 atom stereocenters. The second kappa shape index (κ2) is 9.31. The first-order valence-corrected chi connectivity index (χ1v) is 10.9. The van der Waals surface area contributed by atoms with Gasteiger partial charge >= 0.3 is 6.03 Å². The minimum absolute atomic E-state index is 0.0142. The molecule has 2 amide bonds. The summed E-state index contributed by atoms with van der Waals surface area (Å²) in [5.41, 5.74) is 1.77. The molecule has 3 aromatic rings. The van der Waals surface area contributed by atoms with Crippen LogP contribution in [-0.4, -0.2) is 58.1 Å². The summed E-state index contributed by atoms with van der Waals surface area (Å²) in [5.74, 6) is 0.763.